The third kappa shape index (κ3) is 6.92. The molecule has 44 heavy (non-hydrogen) atoms. The minimum Gasteiger partial charge on any atom is -0.0754 e. The molecule has 0 amide bonds. The zero-order valence-corrected chi connectivity index (χ0v) is 26.1. The van der Waals surface area contributed by atoms with Crippen molar-refractivity contribution in [1.82, 2.24) is 0 Å². The second kappa shape index (κ2) is 15.7. The quantitative estimate of drug-likeness (QED) is 0.122. The largest absolute Gasteiger partial charge is 0.0754 e. The van der Waals surface area contributed by atoms with E-state index in [0.717, 1.165) is 0 Å². The summed E-state index contributed by atoms with van der Waals surface area (Å²) in [5.41, 5.74) is 8.43. The molecule has 0 spiro atoms. The third-order valence-corrected chi connectivity index (χ3v) is 8.52. The van der Waals surface area contributed by atoms with Gasteiger partial charge in [0.2, 0.25) is 0 Å². The van der Waals surface area contributed by atoms with Crippen molar-refractivity contribution in [2.45, 2.75) is 44.9 Å². The van der Waals surface area contributed by atoms with Crippen molar-refractivity contribution in [3.05, 3.63) is 209 Å². The first-order valence-electron chi connectivity index (χ1n) is 16.2. The van der Waals surface area contributed by atoms with Gasteiger partial charge in [-0.15, -0.1) is 0 Å². The summed E-state index contributed by atoms with van der Waals surface area (Å²) in [5.74, 6) is 0.131. The normalized spacial score (nSPS) is 14.0. The number of benzene rings is 5. The summed E-state index contributed by atoms with van der Waals surface area (Å²) in [6.07, 6.45) is 15.0. The number of rotatable bonds is 9. The Morgan fingerprint density at radius 3 is 1.09 bits per heavy atom. The van der Waals surface area contributed by atoms with Crippen molar-refractivity contribution in [2.75, 3.05) is 0 Å². The summed E-state index contributed by atoms with van der Waals surface area (Å²) in [7, 11) is 0. The van der Waals surface area contributed by atoms with Crippen LogP contribution in [0.4, 0.5) is 0 Å². The molecule has 0 fully saturated rings. The van der Waals surface area contributed by atoms with Crippen molar-refractivity contribution in [1.29, 1.82) is 0 Å². The van der Waals surface area contributed by atoms with E-state index in [9.17, 15) is 0 Å². The number of hydrogen-bond acceptors (Lipinski definition) is 0. The highest BCUT2D eigenvalue weighted by Gasteiger charge is 2.42. The highest BCUT2D eigenvalue weighted by atomic mass is 14.4. The Hall–Kier alpha value is -4.68. The fourth-order valence-electron chi connectivity index (χ4n) is 6.38. The van der Waals surface area contributed by atoms with Gasteiger partial charge in [-0.05, 0) is 39.0 Å². The molecule has 1 aliphatic carbocycles. The van der Waals surface area contributed by atoms with Crippen LogP contribution < -0.4 is 0 Å². The van der Waals surface area contributed by atoms with Crippen molar-refractivity contribution in [3.63, 3.8) is 0 Å². The summed E-state index contributed by atoms with van der Waals surface area (Å²) in [6, 6.07) is 54.3. The number of unbranched alkanes of at least 4 members (excludes halogenated alkanes) is 3. The maximum Gasteiger partial charge on any atom is 0.0548 e. The maximum atomic E-state index is 2.40. The summed E-state index contributed by atoms with van der Waals surface area (Å²) in [5, 5.41) is 0. The van der Waals surface area contributed by atoms with Gasteiger partial charge in [0.15, 0.2) is 0 Å². The Morgan fingerprint density at radius 1 is 0.455 bits per heavy atom. The van der Waals surface area contributed by atoms with E-state index in [1.165, 1.54) is 64.6 Å². The Morgan fingerprint density at radius 2 is 0.773 bits per heavy atom. The van der Waals surface area contributed by atoms with Gasteiger partial charge >= 0.3 is 0 Å². The van der Waals surface area contributed by atoms with Gasteiger partial charge in [0.05, 0.1) is 5.41 Å². The van der Waals surface area contributed by atoms with Crippen LogP contribution in [0.5, 0.6) is 0 Å². The Bertz CT molecular complexity index is 1470. The number of hydrogen-bond donors (Lipinski definition) is 0. The summed E-state index contributed by atoms with van der Waals surface area (Å²) in [6.45, 7) is 4.46. The van der Waals surface area contributed by atoms with E-state index in [1.54, 1.807) is 0 Å². The molecule has 0 atom stereocenters. The Balaban J connectivity index is 0.000000584. The molecule has 6 rings (SSSR count). The molecule has 1 aliphatic rings. The van der Waals surface area contributed by atoms with Crippen LogP contribution in [0.1, 0.15) is 67.3 Å². The first kappa shape index (κ1) is 30.8. The monoisotopic (exact) mass is 572 g/mol. The molecular weight excluding hydrogens is 528 g/mol. The lowest BCUT2D eigenvalue weighted by Gasteiger charge is -2.41. The molecule has 0 heterocycles. The summed E-state index contributed by atoms with van der Waals surface area (Å²) >= 11 is 0. The van der Waals surface area contributed by atoms with Gasteiger partial charge in [0.1, 0.15) is 0 Å². The second-order valence-corrected chi connectivity index (χ2v) is 11.4. The highest BCUT2D eigenvalue weighted by Crippen LogP contribution is 2.48. The summed E-state index contributed by atoms with van der Waals surface area (Å²) < 4.78 is 0. The molecule has 0 aromatic heterocycles. The Labute approximate surface area is 265 Å². The van der Waals surface area contributed by atoms with Crippen molar-refractivity contribution < 1.29 is 0 Å². The molecule has 0 saturated carbocycles. The van der Waals surface area contributed by atoms with Crippen molar-refractivity contribution >= 4 is 5.57 Å². The number of allylic oxidation sites excluding steroid dienone is 5. The van der Waals surface area contributed by atoms with Gasteiger partial charge in [-0.2, -0.15) is 0 Å². The molecule has 0 bridgehead atoms. The average Bonchev–Trinajstić information content (AvgIpc) is 3.11. The average molecular weight is 573 g/mol. The molecule has 0 radical (unpaired) electrons. The van der Waals surface area contributed by atoms with Crippen molar-refractivity contribution in [3.8, 4) is 0 Å². The molecular formula is C44H44. The maximum absolute atomic E-state index is 2.40. The van der Waals surface area contributed by atoms with Crippen LogP contribution in [0, 0.1) is 5.92 Å². The van der Waals surface area contributed by atoms with Gasteiger partial charge in [-0.1, -0.05) is 215 Å². The molecule has 0 saturated heterocycles. The first-order valence-corrected chi connectivity index (χ1v) is 16.2. The smallest absolute Gasteiger partial charge is 0.0548 e. The fraction of sp³-hybridized carbons (Fsp3) is 0.182. The lowest BCUT2D eigenvalue weighted by atomic mass is 9.61. The molecule has 0 nitrogen and oxygen atoms in total. The second-order valence-electron chi connectivity index (χ2n) is 11.4. The SMILES string of the molecule is C1=CC(C(c2ccccc2)(c2ccccc2)c2ccccc2)C=CC1=C(c1ccccc1)c1ccccc1.CCCCCC. The zero-order valence-electron chi connectivity index (χ0n) is 26.1. The fourth-order valence-corrected chi connectivity index (χ4v) is 6.38. The van der Waals surface area contributed by atoms with E-state index in [4.69, 9.17) is 0 Å². The van der Waals surface area contributed by atoms with E-state index < -0.39 is 0 Å². The van der Waals surface area contributed by atoms with Crippen LogP contribution in [-0.4, -0.2) is 0 Å². The minimum absolute atomic E-state index is 0.131. The van der Waals surface area contributed by atoms with E-state index in [0.29, 0.717) is 0 Å². The molecule has 5 aromatic carbocycles. The third-order valence-electron chi connectivity index (χ3n) is 8.52. The molecule has 220 valence electrons. The lowest BCUT2D eigenvalue weighted by molar-refractivity contribution is 0.522. The van der Waals surface area contributed by atoms with Gasteiger partial charge < -0.3 is 0 Å². The summed E-state index contributed by atoms with van der Waals surface area (Å²) in [4.78, 5) is 0. The predicted octanol–water partition coefficient (Wildman–Crippen LogP) is 11.9. The zero-order chi connectivity index (χ0) is 30.5. The minimum atomic E-state index is -0.359. The molecule has 0 N–H and O–H groups in total. The van der Waals surface area contributed by atoms with Crippen molar-refractivity contribution in [2.24, 2.45) is 5.92 Å². The van der Waals surface area contributed by atoms with E-state index in [-0.39, 0.29) is 11.3 Å². The molecule has 0 aliphatic heterocycles. The van der Waals surface area contributed by atoms with Gasteiger partial charge in [0.25, 0.3) is 0 Å². The molecule has 5 aromatic rings. The lowest BCUT2D eigenvalue weighted by Crippen LogP contribution is -2.36. The van der Waals surface area contributed by atoms with Crippen LogP contribution in [0.25, 0.3) is 5.57 Å². The molecule has 0 unspecified atom stereocenters. The van der Waals surface area contributed by atoms with E-state index >= 15 is 0 Å². The van der Waals surface area contributed by atoms with Crippen LogP contribution in [0.15, 0.2) is 182 Å². The van der Waals surface area contributed by atoms with Crippen LogP contribution in [0.3, 0.4) is 0 Å². The topological polar surface area (TPSA) is 0 Å². The Kier molecular flexibility index (Phi) is 11.0. The predicted molar refractivity (Wildman–Crippen MR) is 190 cm³/mol. The molecule has 0 heteroatoms. The van der Waals surface area contributed by atoms with Crippen LogP contribution in [-0.2, 0) is 5.41 Å². The van der Waals surface area contributed by atoms with E-state index in [1.807, 2.05) is 0 Å². The van der Waals surface area contributed by atoms with E-state index in [2.05, 4.69) is 190 Å². The van der Waals surface area contributed by atoms with Gasteiger partial charge in [0, 0.05) is 5.92 Å². The van der Waals surface area contributed by atoms with Gasteiger partial charge in [-0.25, -0.2) is 0 Å². The highest BCUT2D eigenvalue weighted by molar-refractivity contribution is 5.85. The van der Waals surface area contributed by atoms with Gasteiger partial charge in [-0.3, -0.25) is 0 Å². The first-order chi connectivity index (χ1) is 21.8. The standard InChI is InChI=1S/C38H30.C6H14/c1-6-16-30(17-7-1)37(31-18-8-2-9-19-31)32-26-28-36(29-27-32)38(33-20-10-3-11-21-33,34-22-12-4-13-23-34)35-24-14-5-15-25-35;1-3-5-6-4-2/h1-29,36H;3-6H2,1-2H3. The van der Waals surface area contributed by atoms with Crippen LogP contribution in [0.2, 0.25) is 0 Å². The van der Waals surface area contributed by atoms with Crippen LogP contribution >= 0.6 is 0 Å².